The number of hydrogen-bond donors (Lipinski definition) is 2. The Hall–Kier alpha value is -2.05. The molecule has 2 N–H and O–H groups in total. The zero-order chi connectivity index (χ0) is 19.8. The SMILES string of the molecule is CCNC(=NCc1cc(C(CC)CC)no1)NC1CCN(C(=O)C(C)C)C1. The minimum atomic E-state index is 0.0429. The summed E-state index contributed by atoms with van der Waals surface area (Å²) in [6, 6.07) is 2.24. The quantitative estimate of drug-likeness (QED) is 0.538. The van der Waals surface area contributed by atoms with Gasteiger partial charge in [-0.05, 0) is 26.2 Å². The molecule has 2 rings (SSSR count). The number of amides is 1. The van der Waals surface area contributed by atoms with Gasteiger partial charge in [-0.1, -0.05) is 32.9 Å². The van der Waals surface area contributed by atoms with E-state index in [1.165, 1.54) is 0 Å². The molecule has 1 aromatic heterocycles. The van der Waals surface area contributed by atoms with Crippen LogP contribution in [0.25, 0.3) is 0 Å². The maximum absolute atomic E-state index is 12.2. The molecule has 7 nitrogen and oxygen atoms in total. The van der Waals surface area contributed by atoms with E-state index in [4.69, 9.17) is 4.52 Å². The van der Waals surface area contributed by atoms with Crippen molar-refractivity contribution < 1.29 is 9.32 Å². The predicted molar refractivity (Wildman–Crippen MR) is 108 cm³/mol. The molecule has 0 saturated carbocycles. The van der Waals surface area contributed by atoms with Gasteiger partial charge in [-0.15, -0.1) is 0 Å². The molecule has 27 heavy (non-hydrogen) atoms. The van der Waals surface area contributed by atoms with E-state index in [1.807, 2.05) is 31.7 Å². The van der Waals surface area contributed by atoms with Crippen LogP contribution in [-0.4, -0.2) is 47.6 Å². The van der Waals surface area contributed by atoms with Crippen LogP contribution in [-0.2, 0) is 11.3 Å². The lowest BCUT2D eigenvalue weighted by Gasteiger charge is -2.20. The minimum absolute atomic E-state index is 0.0429. The number of aromatic nitrogens is 1. The highest BCUT2D eigenvalue weighted by molar-refractivity contribution is 5.81. The first-order chi connectivity index (χ1) is 13.0. The third kappa shape index (κ3) is 5.97. The van der Waals surface area contributed by atoms with E-state index < -0.39 is 0 Å². The zero-order valence-corrected chi connectivity index (χ0v) is 17.4. The molecule has 0 radical (unpaired) electrons. The Balaban J connectivity index is 1.94. The van der Waals surface area contributed by atoms with Crippen LogP contribution in [0.1, 0.15) is 71.3 Å². The van der Waals surface area contributed by atoms with Gasteiger partial charge in [0.2, 0.25) is 5.91 Å². The highest BCUT2D eigenvalue weighted by Crippen LogP contribution is 2.22. The van der Waals surface area contributed by atoms with Gasteiger partial charge in [-0.2, -0.15) is 0 Å². The predicted octanol–water partition coefficient (Wildman–Crippen LogP) is 2.89. The zero-order valence-electron chi connectivity index (χ0n) is 17.4. The van der Waals surface area contributed by atoms with Crippen LogP contribution in [0, 0.1) is 5.92 Å². The molecule has 0 aliphatic carbocycles. The molecule has 1 unspecified atom stereocenters. The van der Waals surface area contributed by atoms with E-state index in [9.17, 15) is 4.79 Å². The first-order valence-corrected chi connectivity index (χ1v) is 10.3. The van der Waals surface area contributed by atoms with Crippen LogP contribution in [0.5, 0.6) is 0 Å². The van der Waals surface area contributed by atoms with Crippen molar-refractivity contribution in [2.75, 3.05) is 19.6 Å². The molecule has 1 aliphatic rings. The Bertz CT molecular complexity index is 622. The highest BCUT2D eigenvalue weighted by atomic mass is 16.5. The number of carbonyl (C=O) groups excluding carboxylic acids is 1. The summed E-state index contributed by atoms with van der Waals surface area (Å²) in [5.74, 6) is 2.23. The number of guanidine groups is 1. The van der Waals surface area contributed by atoms with E-state index in [1.54, 1.807) is 0 Å². The lowest BCUT2D eigenvalue weighted by Crippen LogP contribution is -2.45. The van der Waals surface area contributed by atoms with Crippen molar-refractivity contribution in [1.82, 2.24) is 20.7 Å². The Morgan fingerprint density at radius 1 is 1.37 bits per heavy atom. The topological polar surface area (TPSA) is 82.8 Å². The lowest BCUT2D eigenvalue weighted by atomic mass is 9.99. The van der Waals surface area contributed by atoms with E-state index in [-0.39, 0.29) is 17.9 Å². The van der Waals surface area contributed by atoms with Crippen molar-refractivity contribution in [2.45, 2.75) is 72.4 Å². The number of aliphatic imine (C=N–C) groups is 1. The molecule has 1 atom stereocenters. The molecular weight excluding hydrogens is 342 g/mol. The second-order valence-electron chi connectivity index (χ2n) is 7.50. The molecule has 0 spiro atoms. The number of rotatable bonds is 8. The summed E-state index contributed by atoms with van der Waals surface area (Å²) in [5.41, 5.74) is 1.02. The standard InChI is InChI=1S/C20H35N5O2/c1-6-15(7-2)18-11-17(27-24-18)12-22-20(21-8-3)23-16-9-10-25(13-16)19(26)14(4)5/h11,14-16H,6-10,12-13H2,1-5H3,(H2,21,22,23). The Labute approximate surface area is 163 Å². The molecule has 152 valence electrons. The number of nitrogens with zero attached hydrogens (tertiary/aromatic N) is 3. The van der Waals surface area contributed by atoms with Crippen molar-refractivity contribution in [1.29, 1.82) is 0 Å². The monoisotopic (exact) mass is 377 g/mol. The molecule has 1 amide bonds. The van der Waals surface area contributed by atoms with Crippen LogP contribution < -0.4 is 10.6 Å². The van der Waals surface area contributed by atoms with Gasteiger partial charge in [0.1, 0.15) is 6.54 Å². The number of nitrogens with one attached hydrogen (secondary N) is 2. The smallest absolute Gasteiger partial charge is 0.225 e. The molecular formula is C20H35N5O2. The summed E-state index contributed by atoms with van der Waals surface area (Å²) in [4.78, 5) is 18.7. The van der Waals surface area contributed by atoms with Crippen LogP contribution in [0.15, 0.2) is 15.6 Å². The molecule has 1 aromatic rings. The summed E-state index contributed by atoms with van der Waals surface area (Å²) < 4.78 is 5.46. The average Bonchev–Trinajstić information content (AvgIpc) is 3.30. The largest absolute Gasteiger partial charge is 0.359 e. The Kier molecular flexibility index (Phi) is 8.13. The average molecular weight is 378 g/mol. The number of hydrogen-bond acceptors (Lipinski definition) is 4. The van der Waals surface area contributed by atoms with Gasteiger partial charge in [0.05, 0.1) is 5.69 Å². The number of carbonyl (C=O) groups is 1. The van der Waals surface area contributed by atoms with Crippen LogP contribution in [0.3, 0.4) is 0 Å². The third-order valence-electron chi connectivity index (χ3n) is 5.05. The van der Waals surface area contributed by atoms with Gasteiger partial charge in [0.25, 0.3) is 0 Å². The fraction of sp³-hybridized carbons (Fsp3) is 0.750. The van der Waals surface area contributed by atoms with E-state index >= 15 is 0 Å². The normalized spacial score (nSPS) is 17.8. The van der Waals surface area contributed by atoms with Crippen molar-refractivity contribution in [2.24, 2.45) is 10.9 Å². The van der Waals surface area contributed by atoms with E-state index in [0.717, 1.165) is 56.3 Å². The molecule has 0 bridgehead atoms. The van der Waals surface area contributed by atoms with Crippen LogP contribution >= 0.6 is 0 Å². The summed E-state index contributed by atoms with van der Waals surface area (Å²) >= 11 is 0. The Morgan fingerprint density at radius 2 is 2.11 bits per heavy atom. The van der Waals surface area contributed by atoms with E-state index in [0.29, 0.717) is 12.5 Å². The second-order valence-corrected chi connectivity index (χ2v) is 7.50. The molecule has 1 fully saturated rings. The third-order valence-corrected chi connectivity index (χ3v) is 5.05. The Morgan fingerprint density at radius 3 is 2.74 bits per heavy atom. The second kappa shape index (κ2) is 10.3. The fourth-order valence-electron chi connectivity index (χ4n) is 3.42. The summed E-state index contributed by atoms with van der Waals surface area (Å²) in [6.07, 6.45) is 3.05. The summed E-state index contributed by atoms with van der Waals surface area (Å²) in [6.45, 7) is 13.0. The van der Waals surface area contributed by atoms with Gasteiger partial charge >= 0.3 is 0 Å². The molecule has 7 heteroatoms. The minimum Gasteiger partial charge on any atom is -0.359 e. The van der Waals surface area contributed by atoms with Crippen molar-refractivity contribution in [3.05, 3.63) is 17.5 Å². The molecule has 1 aliphatic heterocycles. The van der Waals surface area contributed by atoms with Gasteiger partial charge in [0, 0.05) is 43.6 Å². The summed E-state index contributed by atoms with van der Waals surface area (Å²) in [5, 5.41) is 10.9. The first-order valence-electron chi connectivity index (χ1n) is 10.3. The molecule has 0 aromatic carbocycles. The van der Waals surface area contributed by atoms with Gasteiger partial charge in [-0.3, -0.25) is 4.79 Å². The molecule has 2 heterocycles. The highest BCUT2D eigenvalue weighted by Gasteiger charge is 2.28. The fourth-order valence-corrected chi connectivity index (χ4v) is 3.42. The lowest BCUT2D eigenvalue weighted by molar-refractivity contribution is -0.133. The van der Waals surface area contributed by atoms with Crippen molar-refractivity contribution in [3.63, 3.8) is 0 Å². The summed E-state index contributed by atoms with van der Waals surface area (Å²) in [7, 11) is 0. The van der Waals surface area contributed by atoms with Gasteiger partial charge < -0.3 is 20.1 Å². The van der Waals surface area contributed by atoms with E-state index in [2.05, 4.69) is 34.6 Å². The van der Waals surface area contributed by atoms with Gasteiger partial charge in [-0.25, -0.2) is 4.99 Å². The maximum Gasteiger partial charge on any atom is 0.225 e. The number of likely N-dealkylation sites (tertiary alicyclic amines) is 1. The van der Waals surface area contributed by atoms with Crippen molar-refractivity contribution in [3.8, 4) is 0 Å². The molecule has 1 saturated heterocycles. The van der Waals surface area contributed by atoms with Crippen LogP contribution in [0.4, 0.5) is 0 Å². The maximum atomic E-state index is 12.2. The van der Waals surface area contributed by atoms with Gasteiger partial charge in [0.15, 0.2) is 11.7 Å². The van der Waals surface area contributed by atoms with Crippen LogP contribution in [0.2, 0.25) is 0 Å². The first kappa shape index (κ1) is 21.3. The van der Waals surface area contributed by atoms with Crippen molar-refractivity contribution >= 4 is 11.9 Å².